The smallest absolute Gasteiger partial charge is 0.254 e. The third-order valence-corrected chi connectivity index (χ3v) is 2.67. The maximum Gasteiger partial charge on any atom is 0.254 e. The maximum atomic E-state index is 13.9. The van der Waals surface area contributed by atoms with E-state index in [0.717, 1.165) is 5.56 Å². The Morgan fingerprint density at radius 1 is 1.26 bits per heavy atom. The number of benzene rings is 1. The minimum Gasteiger partial charge on any atom is -0.371 e. The number of halogens is 1. The van der Waals surface area contributed by atoms with Crippen molar-refractivity contribution >= 4 is 11.7 Å². The average Bonchev–Trinajstić information content (AvgIpc) is 2.46. The fourth-order valence-corrected chi connectivity index (χ4v) is 1.67. The van der Waals surface area contributed by atoms with Gasteiger partial charge in [-0.2, -0.15) is 0 Å². The lowest BCUT2D eigenvalue weighted by Gasteiger charge is -2.08. The van der Waals surface area contributed by atoms with Crippen molar-refractivity contribution in [3.63, 3.8) is 0 Å². The molecule has 1 aromatic heterocycles. The largest absolute Gasteiger partial charge is 0.371 e. The van der Waals surface area contributed by atoms with Crippen LogP contribution in [-0.4, -0.2) is 17.9 Å². The van der Waals surface area contributed by atoms with Gasteiger partial charge in [0.25, 0.3) is 5.91 Å². The molecule has 98 valence electrons. The Kier molecular flexibility index (Phi) is 4.07. The van der Waals surface area contributed by atoms with Crippen molar-refractivity contribution in [2.24, 2.45) is 0 Å². The van der Waals surface area contributed by atoms with E-state index in [9.17, 15) is 9.18 Å². The van der Waals surface area contributed by atoms with Crippen LogP contribution in [0.4, 0.5) is 10.2 Å². The second kappa shape index (κ2) is 5.95. The molecule has 0 aliphatic carbocycles. The fourth-order valence-electron chi connectivity index (χ4n) is 1.67. The van der Waals surface area contributed by atoms with E-state index in [2.05, 4.69) is 15.6 Å². The van der Waals surface area contributed by atoms with Gasteiger partial charge >= 0.3 is 0 Å². The van der Waals surface area contributed by atoms with Gasteiger partial charge < -0.3 is 10.6 Å². The summed E-state index contributed by atoms with van der Waals surface area (Å²) in [7, 11) is 1.55. The monoisotopic (exact) mass is 259 g/mol. The van der Waals surface area contributed by atoms with E-state index < -0.39 is 11.7 Å². The van der Waals surface area contributed by atoms with Gasteiger partial charge in [0.2, 0.25) is 0 Å². The molecular formula is C14H14FN3O. The lowest BCUT2D eigenvalue weighted by Crippen LogP contribution is -2.24. The molecule has 1 amide bonds. The minimum atomic E-state index is -0.643. The number of hydrogen-bond donors (Lipinski definition) is 2. The van der Waals surface area contributed by atoms with Gasteiger partial charge in [0.1, 0.15) is 0 Å². The van der Waals surface area contributed by atoms with Gasteiger partial charge in [-0.25, -0.2) is 9.37 Å². The van der Waals surface area contributed by atoms with Crippen LogP contribution in [0.15, 0.2) is 42.6 Å². The molecule has 4 nitrogen and oxygen atoms in total. The van der Waals surface area contributed by atoms with Crippen molar-refractivity contribution in [1.29, 1.82) is 0 Å². The number of pyridine rings is 1. The van der Waals surface area contributed by atoms with E-state index in [4.69, 9.17) is 0 Å². The summed E-state index contributed by atoms with van der Waals surface area (Å²) in [5, 5.41) is 5.27. The molecule has 0 aliphatic heterocycles. The fraction of sp³-hybridized carbons (Fsp3) is 0.143. The summed E-state index contributed by atoms with van der Waals surface area (Å²) in [6.07, 6.45) is 1.40. The minimum absolute atomic E-state index is 0.0183. The number of nitrogens with one attached hydrogen (secondary N) is 2. The van der Waals surface area contributed by atoms with Gasteiger partial charge in [0.05, 0.1) is 5.56 Å². The van der Waals surface area contributed by atoms with Crippen LogP contribution in [-0.2, 0) is 6.54 Å². The SMILES string of the molecule is CNc1nccc(C(=O)NCc2ccccc2)c1F. The van der Waals surface area contributed by atoms with E-state index >= 15 is 0 Å². The molecule has 0 unspecified atom stereocenters. The van der Waals surface area contributed by atoms with Crippen LogP contribution >= 0.6 is 0 Å². The molecule has 1 heterocycles. The number of carbonyl (C=O) groups is 1. The van der Waals surface area contributed by atoms with E-state index in [1.54, 1.807) is 7.05 Å². The third kappa shape index (κ3) is 3.07. The number of nitrogens with zero attached hydrogens (tertiary/aromatic N) is 1. The van der Waals surface area contributed by atoms with Gasteiger partial charge in [-0.05, 0) is 11.6 Å². The van der Waals surface area contributed by atoms with Crippen LogP contribution in [0.2, 0.25) is 0 Å². The first-order valence-electron chi connectivity index (χ1n) is 5.86. The summed E-state index contributed by atoms with van der Waals surface area (Å²) in [6, 6.07) is 10.8. The Morgan fingerprint density at radius 3 is 2.68 bits per heavy atom. The number of amides is 1. The van der Waals surface area contributed by atoms with Crippen molar-refractivity contribution in [2.75, 3.05) is 12.4 Å². The normalized spacial score (nSPS) is 10.0. The van der Waals surface area contributed by atoms with Crippen molar-refractivity contribution in [1.82, 2.24) is 10.3 Å². The summed E-state index contributed by atoms with van der Waals surface area (Å²) < 4.78 is 13.9. The second-order valence-electron chi connectivity index (χ2n) is 3.94. The highest BCUT2D eigenvalue weighted by Gasteiger charge is 2.14. The molecule has 0 saturated heterocycles. The average molecular weight is 259 g/mol. The molecular weight excluding hydrogens is 245 g/mol. The molecule has 2 aromatic rings. The number of carbonyl (C=O) groups excluding carboxylic acids is 1. The Balaban J connectivity index is 2.08. The Labute approximate surface area is 110 Å². The highest BCUT2D eigenvalue weighted by molar-refractivity contribution is 5.95. The first-order chi connectivity index (χ1) is 9.22. The predicted molar refractivity (Wildman–Crippen MR) is 71.4 cm³/mol. The molecule has 0 saturated carbocycles. The number of rotatable bonds is 4. The van der Waals surface area contributed by atoms with E-state index in [-0.39, 0.29) is 11.4 Å². The van der Waals surface area contributed by atoms with Gasteiger partial charge in [-0.1, -0.05) is 30.3 Å². The van der Waals surface area contributed by atoms with E-state index in [1.807, 2.05) is 30.3 Å². The summed E-state index contributed by atoms with van der Waals surface area (Å²) >= 11 is 0. The molecule has 0 aliphatic rings. The highest BCUT2D eigenvalue weighted by Crippen LogP contribution is 2.14. The lowest BCUT2D eigenvalue weighted by molar-refractivity contribution is 0.0947. The first-order valence-corrected chi connectivity index (χ1v) is 5.86. The number of aromatic nitrogens is 1. The maximum absolute atomic E-state index is 13.9. The van der Waals surface area contributed by atoms with Crippen molar-refractivity contribution < 1.29 is 9.18 Å². The van der Waals surface area contributed by atoms with E-state index in [0.29, 0.717) is 6.54 Å². The summed E-state index contributed by atoms with van der Waals surface area (Å²) in [4.78, 5) is 15.7. The van der Waals surface area contributed by atoms with Crippen LogP contribution in [0.3, 0.4) is 0 Å². The molecule has 0 bridgehead atoms. The van der Waals surface area contributed by atoms with Gasteiger partial charge in [-0.15, -0.1) is 0 Å². The molecule has 5 heteroatoms. The zero-order chi connectivity index (χ0) is 13.7. The summed E-state index contributed by atoms with van der Waals surface area (Å²) in [5.74, 6) is -1.04. The predicted octanol–water partition coefficient (Wildman–Crippen LogP) is 2.19. The van der Waals surface area contributed by atoms with Crippen LogP contribution < -0.4 is 10.6 Å². The zero-order valence-electron chi connectivity index (χ0n) is 10.5. The van der Waals surface area contributed by atoms with Gasteiger partial charge in [0, 0.05) is 19.8 Å². The molecule has 2 rings (SSSR count). The Hall–Kier alpha value is -2.43. The Bertz CT molecular complexity index is 572. The third-order valence-electron chi connectivity index (χ3n) is 2.67. The zero-order valence-corrected chi connectivity index (χ0v) is 10.5. The van der Waals surface area contributed by atoms with Crippen LogP contribution in [0.1, 0.15) is 15.9 Å². The Morgan fingerprint density at radius 2 is 2.00 bits per heavy atom. The summed E-state index contributed by atoms with van der Waals surface area (Å²) in [6.45, 7) is 0.357. The first kappa shape index (κ1) is 13.0. The molecule has 1 aromatic carbocycles. The molecule has 2 N–H and O–H groups in total. The van der Waals surface area contributed by atoms with Gasteiger partial charge in [0.15, 0.2) is 11.6 Å². The van der Waals surface area contributed by atoms with Crippen molar-refractivity contribution in [3.8, 4) is 0 Å². The van der Waals surface area contributed by atoms with Crippen molar-refractivity contribution in [2.45, 2.75) is 6.54 Å². The number of hydrogen-bond acceptors (Lipinski definition) is 3. The number of anilines is 1. The molecule has 0 atom stereocenters. The quantitative estimate of drug-likeness (QED) is 0.885. The van der Waals surface area contributed by atoms with E-state index in [1.165, 1.54) is 12.3 Å². The van der Waals surface area contributed by atoms with Crippen molar-refractivity contribution in [3.05, 3.63) is 59.5 Å². The lowest BCUT2D eigenvalue weighted by atomic mass is 10.2. The molecule has 0 fully saturated rings. The molecule has 0 spiro atoms. The second-order valence-corrected chi connectivity index (χ2v) is 3.94. The van der Waals surface area contributed by atoms with Crippen LogP contribution in [0, 0.1) is 5.82 Å². The highest BCUT2D eigenvalue weighted by atomic mass is 19.1. The topological polar surface area (TPSA) is 54.0 Å². The van der Waals surface area contributed by atoms with Crippen LogP contribution in [0.25, 0.3) is 0 Å². The summed E-state index contributed by atoms with van der Waals surface area (Å²) in [5.41, 5.74) is 0.939. The standard InChI is InChI=1S/C14H14FN3O/c1-16-13-12(15)11(7-8-17-13)14(19)18-9-10-5-3-2-4-6-10/h2-8H,9H2,1H3,(H,16,17)(H,18,19). The van der Waals surface area contributed by atoms with Crippen LogP contribution in [0.5, 0.6) is 0 Å². The molecule has 19 heavy (non-hydrogen) atoms. The van der Waals surface area contributed by atoms with Gasteiger partial charge in [-0.3, -0.25) is 4.79 Å². The molecule has 0 radical (unpaired) electrons.